The summed E-state index contributed by atoms with van der Waals surface area (Å²) < 4.78 is 4.85. The summed E-state index contributed by atoms with van der Waals surface area (Å²) in [6.07, 6.45) is 1.86. The molecule has 4 nitrogen and oxygen atoms in total. The van der Waals surface area contributed by atoms with E-state index in [0.717, 1.165) is 12.8 Å². The van der Waals surface area contributed by atoms with Crippen molar-refractivity contribution in [3.63, 3.8) is 0 Å². The van der Waals surface area contributed by atoms with Crippen molar-refractivity contribution in [2.24, 2.45) is 5.92 Å². The predicted molar refractivity (Wildman–Crippen MR) is 59.6 cm³/mol. The Bertz CT molecular complexity index is 192. The van der Waals surface area contributed by atoms with Crippen LogP contribution in [0.15, 0.2) is 0 Å². The Balaban J connectivity index is 3.88. The fourth-order valence-corrected chi connectivity index (χ4v) is 1.38. The second kappa shape index (κ2) is 6.80. The molecule has 0 aromatic rings. The zero-order valence-electron chi connectivity index (χ0n) is 10.2. The van der Waals surface area contributed by atoms with Crippen molar-refractivity contribution in [1.29, 1.82) is 0 Å². The number of hydrogen-bond donors (Lipinski definition) is 2. The van der Waals surface area contributed by atoms with Crippen molar-refractivity contribution >= 4 is 5.91 Å². The Kier molecular flexibility index (Phi) is 6.52. The number of aliphatic hydroxyl groups is 1. The molecule has 0 aromatic carbocycles. The number of rotatable bonds is 7. The molecule has 0 aromatic heterocycles. The normalized spacial score (nSPS) is 16.9. The molecule has 0 rings (SSSR count). The summed E-state index contributed by atoms with van der Waals surface area (Å²) >= 11 is 0. The molecule has 15 heavy (non-hydrogen) atoms. The lowest BCUT2D eigenvalue weighted by molar-refractivity contribution is -0.126. The molecule has 4 heteroatoms. The molecular weight excluding hydrogens is 194 g/mol. The molecule has 2 N–H and O–H groups in total. The van der Waals surface area contributed by atoms with Gasteiger partial charge in [-0.2, -0.15) is 0 Å². The van der Waals surface area contributed by atoms with E-state index in [1.54, 1.807) is 6.92 Å². The van der Waals surface area contributed by atoms with Crippen molar-refractivity contribution in [2.75, 3.05) is 20.3 Å². The van der Waals surface area contributed by atoms with E-state index in [9.17, 15) is 9.90 Å². The van der Waals surface area contributed by atoms with Gasteiger partial charge < -0.3 is 15.2 Å². The second-order valence-electron chi connectivity index (χ2n) is 4.34. The van der Waals surface area contributed by atoms with Gasteiger partial charge in [0, 0.05) is 19.6 Å². The van der Waals surface area contributed by atoms with Gasteiger partial charge in [0.2, 0.25) is 5.91 Å². The molecule has 0 radical (unpaired) electrons. The van der Waals surface area contributed by atoms with Crippen LogP contribution in [-0.2, 0) is 9.53 Å². The topological polar surface area (TPSA) is 58.6 Å². The minimum atomic E-state index is -0.990. The Morgan fingerprint density at radius 2 is 2.20 bits per heavy atom. The van der Waals surface area contributed by atoms with Gasteiger partial charge >= 0.3 is 0 Å². The molecule has 0 heterocycles. The summed E-state index contributed by atoms with van der Waals surface area (Å²) in [4.78, 5) is 11.5. The third-order valence-electron chi connectivity index (χ3n) is 2.27. The summed E-state index contributed by atoms with van der Waals surface area (Å²) in [6.45, 7) is 6.03. The van der Waals surface area contributed by atoms with Gasteiger partial charge in [-0.15, -0.1) is 0 Å². The second-order valence-corrected chi connectivity index (χ2v) is 4.34. The molecule has 1 amide bonds. The molecule has 0 spiro atoms. The standard InChI is InChI=1S/C11H23NO3/c1-5-6-9(2)10(13)12-7-11(3,14)8-15-4/h9,14H,5-8H2,1-4H3,(H,12,13)/t9-,11+/m0/s1. The third kappa shape index (κ3) is 6.47. The fraction of sp³-hybridized carbons (Fsp3) is 0.909. The number of carbonyl (C=O) groups is 1. The van der Waals surface area contributed by atoms with Crippen LogP contribution < -0.4 is 5.32 Å². The molecular formula is C11H23NO3. The quantitative estimate of drug-likeness (QED) is 0.667. The maximum Gasteiger partial charge on any atom is 0.222 e. The van der Waals surface area contributed by atoms with Gasteiger partial charge in [-0.25, -0.2) is 0 Å². The SMILES string of the molecule is CCC[C@H](C)C(=O)NC[C@@](C)(O)COC. The smallest absolute Gasteiger partial charge is 0.222 e. The van der Waals surface area contributed by atoms with Crippen molar-refractivity contribution < 1.29 is 14.6 Å². The lowest BCUT2D eigenvalue weighted by Crippen LogP contribution is -2.45. The maximum absolute atomic E-state index is 11.5. The van der Waals surface area contributed by atoms with Crippen LogP contribution in [0, 0.1) is 5.92 Å². The molecule has 90 valence electrons. The van der Waals surface area contributed by atoms with E-state index in [1.165, 1.54) is 7.11 Å². The number of amides is 1. The molecule has 0 saturated carbocycles. The van der Waals surface area contributed by atoms with Gasteiger partial charge in [0.05, 0.1) is 6.61 Å². The number of ether oxygens (including phenoxy) is 1. The van der Waals surface area contributed by atoms with E-state index in [-0.39, 0.29) is 25.0 Å². The monoisotopic (exact) mass is 217 g/mol. The first-order chi connectivity index (χ1) is 6.93. The highest BCUT2D eigenvalue weighted by Crippen LogP contribution is 2.06. The molecule has 0 saturated heterocycles. The van der Waals surface area contributed by atoms with E-state index < -0.39 is 5.60 Å². The fourth-order valence-electron chi connectivity index (χ4n) is 1.38. The molecule has 2 atom stereocenters. The molecule has 0 aliphatic carbocycles. The van der Waals surface area contributed by atoms with Gasteiger partial charge in [-0.1, -0.05) is 20.3 Å². The highest BCUT2D eigenvalue weighted by Gasteiger charge is 2.22. The molecule has 0 unspecified atom stereocenters. The van der Waals surface area contributed by atoms with E-state index in [2.05, 4.69) is 5.32 Å². The highest BCUT2D eigenvalue weighted by atomic mass is 16.5. The maximum atomic E-state index is 11.5. The molecule has 0 fully saturated rings. The lowest BCUT2D eigenvalue weighted by atomic mass is 10.0. The van der Waals surface area contributed by atoms with Crippen LogP contribution in [0.4, 0.5) is 0 Å². The Morgan fingerprint density at radius 1 is 1.60 bits per heavy atom. The summed E-state index contributed by atoms with van der Waals surface area (Å²) in [7, 11) is 1.52. The zero-order valence-corrected chi connectivity index (χ0v) is 10.2. The minimum Gasteiger partial charge on any atom is -0.386 e. The van der Waals surface area contributed by atoms with Gasteiger partial charge in [-0.05, 0) is 13.3 Å². The van der Waals surface area contributed by atoms with Crippen molar-refractivity contribution in [3.8, 4) is 0 Å². The van der Waals surface area contributed by atoms with Crippen molar-refractivity contribution in [1.82, 2.24) is 5.32 Å². The summed E-state index contributed by atoms with van der Waals surface area (Å²) in [5.41, 5.74) is -0.990. The van der Waals surface area contributed by atoms with Crippen LogP contribution in [0.1, 0.15) is 33.6 Å². The number of nitrogens with one attached hydrogen (secondary N) is 1. The van der Waals surface area contributed by atoms with E-state index >= 15 is 0 Å². The first-order valence-electron chi connectivity index (χ1n) is 5.42. The van der Waals surface area contributed by atoms with Crippen molar-refractivity contribution in [2.45, 2.75) is 39.2 Å². The largest absolute Gasteiger partial charge is 0.386 e. The first-order valence-corrected chi connectivity index (χ1v) is 5.42. The van der Waals surface area contributed by atoms with E-state index in [4.69, 9.17) is 4.74 Å². The molecule has 0 bridgehead atoms. The van der Waals surface area contributed by atoms with E-state index in [0.29, 0.717) is 0 Å². The minimum absolute atomic E-state index is 0.00627. The predicted octanol–water partition coefficient (Wildman–Crippen LogP) is 0.936. The first kappa shape index (κ1) is 14.4. The zero-order chi connectivity index (χ0) is 11.9. The van der Waals surface area contributed by atoms with Crippen LogP contribution in [-0.4, -0.2) is 36.9 Å². The molecule has 0 aliphatic rings. The summed E-state index contributed by atoms with van der Waals surface area (Å²) in [5, 5.41) is 12.5. The van der Waals surface area contributed by atoms with Crippen molar-refractivity contribution in [3.05, 3.63) is 0 Å². The van der Waals surface area contributed by atoms with Gasteiger partial charge in [0.15, 0.2) is 0 Å². The van der Waals surface area contributed by atoms with Gasteiger partial charge in [0.1, 0.15) is 5.60 Å². The Morgan fingerprint density at radius 3 is 2.67 bits per heavy atom. The Hall–Kier alpha value is -0.610. The van der Waals surface area contributed by atoms with Gasteiger partial charge in [0.25, 0.3) is 0 Å². The van der Waals surface area contributed by atoms with Crippen LogP contribution in [0.3, 0.4) is 0 Å². The van der Waals surface area contributed by atoms with Crippen LogP contribution in [0.2, 0.25) is 0 Å². The highest BCUT2D eigenvalue weighted by molar-refractivity contribution is 5.78. The average Bonchev–Trinajstić information content (AvgIpc) is 2.14. The average molecular weight is 217 g/mol. The Labute approximate surface area is 92.0 Å². The summed E-state index contributed by atoms with van der Waals surface area (Å²) in [6, 6.07) is 0. The van der Waals surface area contributed by atoms with E-state index in [1.807, 2.05) is 13.8 Å². The van der Waals surface area contributed by atoms with Crippen LogP contribution in [0.25, 0.3) is 0 Å². The lowest BCUT2D eigenvalue weighted by Gasteiger charge is -2.23. The molecule has 0 aliphatic heterocycles. The van der Waals surface area contributed by atoms with Gasteiger partial charge in [-0.3, -0.25) is 4.79 Å². The van der Waals surface area contributed by atoms with Crippen LogP contribution >= 0.6 is 0 Å². The number of hydrogen-bond acceptors (Lipinski definition) is 3. The summed E-state index contributed by atoms with van der Waals surface area (Å²) in [5.74, 6) is 0.00146. The number of methoxy groups -OCH3 is 1. The third-order valence-corrected chi connectivity index (χ3v) is 2.27. The van der Waals surface area contributed by atoms with Crippen LogP contribution in [0.5, 0.6) is 0 Å². The number of carbonyl (C=O) groups excluding carboxylic acids is 1.